The molecule has 1 fully saturated rings. The number of nitrogens with one attached hydrogen (secondary N) is 2. The predicted octanol–water partition coefficient (Wildman–Crippen LogP) is 2.71. The van der Waals surface area contributed by atoms with Crippen LogP contribution < -0.4 is 15.4 Å². The highest BCUT2D eigenvalue weighted by atomic mass is 19.1. The Hall–Kier alpha value is -3.20. The van der Waals surface area contributed by atoms with Crippen molar-refractivity contribution in [1.82, 2.24) is 19.9 Å². The van der Waals surface area contributed by atoms with Crippen LogP contribution in [0.1, 0.15) is 41.2 Å². The lowest BCUT2D eigenvalue weighted by Crippen LogP contribution is -2.38. The van der Waals surface area contributed by atoms with Crippen molar-refractivity contribution in [3.8, 4) is 5.75 Å². The molecule has 1 aromatic carbocycles. The van der Waals surface area contributed by atoms with Crippen molar-refractivity contribution < 1.29 is 18.7 Å². The number of hydrogen-bond acceptors (Lipinski definition) is 6. The van der Waals surface area contributed by atoms with Crippen molar-refractivity contribution in [3.05, 3.63) is 53.6 Å². The molecule has 2 aromatic heterocycles. The third-order valence-corrected chi connectivity index (χ3v) is 5.50. The summed E-state index contributed by atoms with van der Waals surface area (Å²) in [6, 6.07) is 6.26. The number of anilines is 1. The van der Waals surface area contributed by atoms with Crippen molar-refractivity contribution in [2.45, 2.75) is 31.3 Å². The van der Waals surface area contributed by atoms with Gasteiger partial charge in [-0.05, 0) is 37.1 Å². The summed E-state index contributed by atoms with van der Waals surface area (Å²) in [5.74, 6) is 0.754. The topological polar surface area (TPSA) is 89.8 Å². The van der Waals surface area contributed by atoms with Gasteiger partial charge in [-0.15, -0.1) is 0 Å². The van der Waals surface area contributed by atoms with Crippen LogP contribution in [0.15, 0.2) is 36.7 Å². The molecular formula is C21H22FN5O3. The summed E-state index contributed by atoms with van der Waals surface area (Å²) in [6.07, 6.45) is 5.55. The Kier molecular flexibility index (Phi) is 4.96. The van der Waals surface area contributed by atoms with Crippen LogP contribution in [-0.4, -0.2) is 46.4 Å². The summed E-state index contributed by atoms with van der Waals surface area (Å²) in [7, 11) is 0. The quantitative estimate of drug-likeness (QED) is 0.686. The van der Waals surface area contributed by atoms with E-state index >= 15 is 0 Å². The minimum atomic E-state index is -0.308. The fourth-order valence-electron chi connectivity index (χ4n) is 3.91. The number of ether oxygens (including phenoxy) is 2. The maximum Gasteiger partial charge on any atom is 0.256 e. The third kappa shape index (κ3) is 3.68. The zero-order chi connectivity index (χ0) is 20.5. The molecule has 2 aliphatic rings. The van der Waals surface area contributed by atoms with E-state index in [1.54, 1.807) is 22.8 Å². The van der Waals surface area contributed by atoms with Crippen LogP contribution in [0.25, 0.3) is 5.65 Å². The number of fused-ring (bicyclic) bond motifs is 2. The number of aromatic nitrogens is 3. The van der Waals surface area contributed by atoms with Crippen LogP contribution in [0.4, 0.5) is 10.2 Å². The molecule has 1 saturated heterocycles. The first-order chi connectivity index (χ1) is 14.7. The number of carbonyl (C=O) groups excluding carboxylic acids is 1. The van der Waals surface area contributed by atoms with Gasteiger partial charge in [0.2, 0.25) is 0 Å². The first-order valence-corrected chi connectivity index (χ1v) is 10.1. The third-order valence-electron chi connectivity index (χ3n) is 5.50. The molecule has 1 atom stereocenters. The molecule has 0 bridgehead atoms. The maximum atomic E-state index is 13.7. The van der Waals surface area contributed by atoms with Gasteiger partial charge in [0.05, 0.1) is 18.8 Å². The van der Waals surface area contributed by atoms with Gasteiger partial charge in [0.1, 0.15) is 22.9 Å². The molecule has 0 aliphatic carbocycles. The highest BCUT2D eigenvalue weighted by Crippen LogP contribution is 2.34. The molecule has 9 heteroatoms. The van der Waals surface area contributed by atoms with Gasteiger partial charge < -0.3 is 20.1 Å². The van der Waals surface area contributed by atoms with Gasteiger partial charge in [0, 0.05) is 37.4 Å². The SMILES string of the molecule is O=C(NC1CCOCC1)c1cnn2ccc(NC3CCOc4ccc(F)cc43)nc12. The van der Waals surface area contributed by atoms with E-state index < -0.39 is 0 Å². The Labute approximate surface area is 172 Å². The molecule has 8 nitrogen and oxygen atoms in total. The van der Waals surface area contributed by atoms with Gasteiger partial charge in [-0.3, -0.25) is 4.79 Å². The minimum absolute atomic E-state index is 0.0937. The first kappa shape index (κ1) is 18.8. The Morgan fingerprint density at radius 2 is 2.03 bits per heavy atom. The highest BCUT2D eigenvalue weighted by Gasteiger charge is 2.24. The summed E-state index contributed by atoms with van der Waals surface area (Å²) in [5, 5.41) is 10.6. The fourth-order valence-corrected chi connectivity index (χ4v) is 3.91. The van der Waals surface area contributed by atoms with Crippen LogP contribution >= 0.6 is 0 Å². The van der Waals surface area contributed by atoms with Crippen molar-refractivity contribution >= 4 is 17.4 Å². The number of halogens is 1. The fraction of sp³-hybridized carbons (Fsp3) is 0.381. The molecule has 0 saturated carbocycles. The largest absolute Gasteiger partial charge is 0.493 e. The molecule has 2 N–H and O–H groups in total. The standard InChI is InChI=1S/C21H22FN5O3/c22-13-1-2-18-15(11-13)17(6-10-30-18)25-19-3-7-27-20(26-19)16(12-23-27)21(28)24-14-4-8-29-9-5-14/h1-3,7,11-12,14,17H,4-6,8-10H2,(H,24,28)(H,25,26). The molecule has 0 radical (unpaired) electrons. The minimum Gasteiger partial charge on any atom is -0.493 e. The number of benzene rings is 1. The molecule has 30 heavy (non-hydrogen) atoms. The zero-order valence-electron chi connectivity index (χ0n) is 16.3. The molecule has 156 valence electrons. The van der Waals surface area contributed by atoms with Crippen LogP contribution in [-0.2, 0) is 4.74 Å². The number of amides is 1. The Morgan fingerprint density at radius 3 is 2.90 bits per heavy atom. The van der Waals surface area contributed by atoms with Crippen LogP contribution in [0.3, 0.4) is 0 Å². The molecular weight excluding hydrogens is 389 g/mol. The molecule has 3 aromatic rings. The van der Waals surface area contributed by atoms with Crippen LogP contribution in [0, 0.1) is 5.82 Å². The lowest BCUT2D eigenvalue weighted by molar-refractivity contribution is 0.0697. The van der Waals surface area contributed by atoms with Crippen LogP contribution in [0.2, 0.25) is 0 Å². The van der Waals surface area contributed by atoms with E-state index in [0.717, 1.165) is 18.4 Å². The first-order valence-electron chi connectivity index (χ1n) is 10.1. The lowest BCUT2D eigenvalue weighted by Gasteiger charge is -2.27. The molecule has 4 heterocycles. The summed E-state index contributed by atoms with van der Waals surface area (Å²) < 4.78 is 26.3. The van der Waals surface area contributed by atoms with Gasteiger partial charge in [-0.25, -0.2) is 13.9 Å². The zero-order valence-corrected chi connectivity index (χ0v) is 16.3. The monoisotopic (exact) mass is 411 g/mol. The van der Waals surface area contributed by atoms with Crippen LogP contribution in [0.5, 0.6) is 5.75 Å². The summed E-state index contributed by atoms with van der Waals surface area (Å²) in [6.45, 7) is 1.84. The van der Waals surface area contributed by atoms with Gasteiger partial charge in [0.25, 0.3) is 5.91 Å². The van der Waals surface area contributed by atoms with Crippen molar-refractivity contribution in [2.24, 2.45) is 0 Å². The molecule has 1 amide bonds. The lowest BCUT2D eigenvalue weighted by atomic mass is 10.0. The Balaban J connectivity index is 1.38. The normalized spacial score (nSPS) is 19.2. The average Bonchev–Trinajstić information content (AvgIpc) is 3.18. The summed E-state index contributed by atoms with van der Waals surface area (Å²) in [4.78, 5) is 17.4. The number of rotatable bonds is 4. The van der Waals surface area contributed by atoms with E-state index in [1.165, 1.54) is 18.3 Å². The van der Waals surface area contributed by atoms with Gasteiger partial charge in [-0.2, -0.15) is 5.10 Å². The van der Waals surface area contributed by atoms with E-state index in [2.05, 4.69) is 20.7 Å². The second kappa shape index (κ2) is 7.91. The number of nitrogens with zero attached hydrogens (tertiary/aromatic N) is 3. The predicted molar refractivity (Wildman–Crippen MR) is 107 cm³/mol. The van der Waals surface area contributed by atoms with E-state index in [1.807, 2.05) is 0 Å². The Morgan fingerprint density at radius 1 is 1.17 bits per heavy atom. The number of hydrogen-bond donors (Lipinski definition) is 2. The number of carbonyl (C=O) groups is 1. The van der Waals surface area contributed by atoms with Gasteiger partial charge >= 0.3 is 0 Å². The van der Waals surface area contributed by atoms with Gasteiger partial charge in [-0.1, -0.05) is 0 Å². The highest BCUT2D eigenvalue weighted by molar-refractivity contribution is 5.99. The maximum absolute atomic E-state index is 13.7. The smallest absolute Gasteiger partial charge is 0.256 e. The van der Waals surface area contributed by atoms with E-state index in [4.69, 9.17) is 9.47 Å². The molecule has 2 aliphatic heterocycles. The summed E-state index contributed by atoms with van der Waals surface area (Å²) in [5.41, 5.74) is 1.65. The molecule has 5 rings (SSSR count). The van der Waals surface area contributed by atoms with E-state index in [-0.39, 0.29) is 23.8 Å². The van der Waals surface area contributed by atoms with Crippen molar-refractivity contribution in [1.29, 1.82) is 0 Å². The Bertz CT molecular complexity index is 1080. The van der Waals surface area contributed by atoms with E-state index in [9.17, 15) is 9.18 Å². The van der Waals surface area contributed by atoms with Crippen molar-refractivity contribution in [3.63, 3.8) is 0 Å². The van der Waals surface area contributed by atoms with E-state index in [0.29, 0.717) is 49.0 Å². The second-order valence-corrected chi connectivity index (χ2v) is 7.52. The molecule has 1 unspecified atom stereocenters. The average molecular weight is 411 g/mol. The second-order valence-electron chi connectivity index (χ2n) is 7.52. The van der Waals surface area contributed by atoms with Gasteiger partial charge in [0.15, 0.2) is 5.65 Å². The van der Waals surface area contributed by atoms with Crippen molar-refractivity contribution in [2.75, 3.05) is 25.1 Å². The molecule has 0 spiro atoms. The summed E-state index contributed by atoms with van der Waals surface area (Å²) >= 11 is 0.